The number of hydrogen-bond donors (Lipinski definition) is 0. The monoisotopic (exact) mass is 317 g/mol. The summed E-state index contributed by atoms with van der Waals surface area (Å²) >= 11 is 0. The lowest BCUT2D eigenvalue weighted by atomic mass is 9.65. The Hall–Kier alpha value is -2.28. The van der Waals surface area contributed by atoms with E-state index >= 15 is 0 Å². The molecule has 0 bridgehead atoms. The molecule has 2 atom stereocenters. The zero-order chi connectivity index (χ0) is 17.6. The molecule has 0 radical (unpaired) electrons. The fraction of sp³-hybridized carbons (Fsp3) is 0.304. The highest BCUT2D eigenvalue weighted by Gasteiger charge is 2.35. The van der Waals surface area contributed by atoms with Gasteiger partial charge in [0.25, 0.3) is 0 Å². The second kappa shape index (κ2) is 5.66. The summed E-state index contributed by atoms with van der Waals surface area (Å²) in [6.45, 7) is 19.8. The third kappa shape index (κ3) is 2.31. The van der Waals surface area contributed by atoms with Crippen LogP contribution in [0, 0.1) is 11.3 Å². The minimum absolute atomic E-state index is 0.142. The van der Waals surface area contributed by atoms with Gasteiger partial charge in [0.15, 0.2) is 0 Å². The van der Waals surface area contributed by atoms with Gasteiger partial charge in [-0.15, -0.1) is 0 Å². The van der Waals surface area contributed by atoms with Crippen LogP contribution in [0.15, 0.2) is 54.6 Å². The lowest BCUT2D eigenvalue weighted by Gasteiger charge is -2.39. The number of para-hydroxylation sites is 1. The minimum Gasteiger partial charge on any atom is -0.310 e. The second-order valence-electron chi connectivity index (χ2n) is 7.42. The molecule has 0 amide bonds. The van der Waals surface area contributed by atoms with Crippen LogP contribution in [0.2, 0.25) is 0 Å². The number of benzene rings is 1. The molecular formula is C23H27N. The molecule has 0 N–H and O–H groups in total. The molecule has 2 aromatic rings. The number of nitrogens with zero attached hydrogens (tertiary/aromatic N) is 1. The van der Waals surface area contributed by atoms with E-state index in [4.69, 9.17) is 0 Å². The van der Waals surface area contributed by atoms with Crippen LogP contribution in [0.4, 0.5) is 0 Å². The van der Waals surface area contributed by atoms with Crippen molar-refractivity contribution in [2.75, 3.05) is 0 Å². The SMILES string of the molecule is C=C(/C=C(\C)C1(C)C=CC1C)n1c(=C)c(=C(C)C)c2ccccc21. The Morgan fingerprint density at radius 1 is 1.21 bits per heavy atom. The summed E-state index contributed by atoms with van der Waals surface area (Å²) < 4.78 is 2.19. The predicted octanol–water partition coefficient (Wildman–Crippen LogP) is 4.87. The molecule has 1 nitrogen and oxygen atoms in total. The Balaban J connectivity index is 2.20. The summed E-state index contributed by atoms with van der Waals surface area (Å²) in [6.07, 6.45) is 6.78. The van der Waals surface area contributed by atoms with Gasteiger partial charge in [0, 0.05) is 27.1 Å². The molecule has 1 heteroatoms. The van der Waals surface area contributed by atoms with E-state index in [9.17, 15) is 0 Å². The van der Waals surface area contributed by atoms with E-state index < -0.39 is 0 Å². The summed E-state index contributed by atoms with van der Waals surface area (Å²) in [5.74, 6) is 0.573. The lowest BCUT2D eigenvalue weighted by Crippen LogP contribution is -2.31. The molecule has 0 saturated heterocycles. The van der Waals surface area contributed by atoms with Crippen molar-refractivity contribution in [1.29, 1.82) is 0 Å². The Morgan fingerprint density at radius 2 is 1.88 bits per heavy atom. The molecule has 24 heavy (non-hydrogen) atoms. The third-order valence-electron chi connectivity index (χ3n) is 5.67. The number of fused-ring (bicyclic) bond motifs is 1. The lowest BCUT2D eigenvalue weighted by molar-refractivity contribution is 0.348. The fourth-order valence-corrected chi connectivity index (χ4v) is 3.72. The Kier molecular flexibility index (Phi) is 3.91. The van der Waals surface area contributed by atoms with Crippen molar-refractivity contribution in [3.05, 3.63) is 65.2 Å². The molecule has 0 saturated carbocycles. The highest BCUT2D eigenvalue weighted by molar-refractivity contribution is 5.86. The van der Waals surface area contributed by atoms with Crippen LogP contribution in [-0.2, 0) is 0 Å². The first-order valence-corrected chi connectivity index (χ1v) is 8.60. The first kappa shape index (κ1) is 16.6. The summed E-state index contributed by atoms with van der Waals surface area (Å²) in [7, 11) is 0. The van der Waals surface area contributed by atoms with Crippen molar-refractivity contribution in [2.45, 2.75) is 34.6 Å². The molecule has 0 spiro atoms. The van der Waals surface area contributed by atoms with Gasteiger partial charge in [-0.1, -0.05) is 68.5 Å². The van der Waals surface area contributed by atoms with Crippen LogP contribution in [0.5, 0.6) is 0 Å². The molecule has 1 aromatic carbocycles. The number of allylic oxidation sites excluding steroid dienone is 5. The predicted molar refractivity (Wildman–Crippen MR) is 107 cm³/mol. The van der Waals surface area contributed by atoms with Crippen molar-refractivity contribution in [1.82, 2.24) is 4.57 Å². The van der Waals surface area contributed by atoms with Crippen molar-refractivity contribution in [2.24, 2.45) is 11.3 Å². The van der Waals surface area contributed by atoms with E-state index in [1.807, 2.05) is 0 Å². The van der Waals surface area contributed by atoms with Gasteiger partial charge in [-0.2, -0.15) is 0 Å². The van der Waals surface area contributed by atoms with Gasteiger partial charge in [0.05, 0.1) is 5.52 Å². The van der Waals surface area contributed by atoms with E-state index in [-0.39, 0.29) is 5.41 Å². The van der Waals surface area contributed by atoms with Gasteiger partial charge in [-0.3, -0.25) is 0 Å². The normalized spacial score (nSPS) is 23.4. The molecule has 1 aromatic heterocycles. The smallest absolute Gasteiger partial charge is 0.0540 e. The summed E-state index contributed by atoms with van der Waals surface area (Å²) in [5, 5.41) is 3.51. The van der Waals surface area contributed by atoms with Gasteiger partial charge in [-0.25, -0.2) is 0 Å². The second-order valence-corrected chi connectivity index (χ2v) is 7.42. The molecular weight excluding hydrogens is 290 g/mol. The Labute approximate surface area is 145 Å². The topological polar surface area (TPSA) is 4.93 Å². The molecule has 124 valence electrons. The first-order chi connectivity index (χ1) is 11.3. The fourth-order valence-electron chi connectivity index (χ4n) is 3.72. The maximum atomic E-state index is 4.36. The highest BCUT2D eigenvalue weighted by Crippen LogP contribution is 2.45. The molecule has 0 aliphatic heterocycles. The zero-order valence-corrected chi connectivity index (χ0v) is 15.5. The van der Waals surface area contributed by atoms with Crippen LogP contribution in [0.25, 0.3) is 28.8 Å². The number of rotatable bonds is 3. The van der Waals surface area contributed by atoms with E-state index in [0.29, 0.717) is 5.92 Å². The largest absolute Gasteiger partial charge is 0.310 e. The van der Waals surface area contributed by atoms with Gasteiger partial charge in [0.1, 0.15) is 0 Å². The average Bonchev–Trinajstić information content (AvgIpc) is 2.84. The minimum atomic E-state index is 0.142. The molecule has 1 aliphatic rings. The average molecular weight is 317 g/mol. The quantitative estimate of drug-likeness (QED) is 0.562. The molecule has 1 aliphatic carbocycles. The molecule has 2 unspecified atom stereocenters. The summed E-state index contributed by atoms with van der Waals surface area (Å²) in [6, 6.07) is 8.49. The zero-order valence-electron chi connectivity index (χ0n) is 15.5. The summed E-state index contributed by atoms with van der Waals surface area (Å²) in [5.41, 5.74) is 4.93. The van der Waals surface area contributed by atoms with Crippen LogP contribution >= 0.6 is 0 Å². The highest BCUT2D eigenvalue weighted by atomic mass is 15.0. The van der Waals surface area contributed by atoms with Crippen LogP contribution in [0.3, 0.4) is 0 Å². The van der Waals surface area contributed by atoms with Crippen LogP contribution < -0.4 is 10.6 Å². The van der Waals surface area contributed by atoms with E-state index in [1.54, 1.807) is 0 Å². The van der Waals surface area contributed by atoms with Crippen molar-refractivity contribution in [3.8, 4) is 0 Å². The number of hydrogen-bond acceptors (Lipinski definition) is 0. The standard InChI is InChI=1S/C23H27N/c1-15(2)22-19(6)24(21-11-9-8-10-20(21)22)18(5)14-17(4)23(7)13-12-16(23)3/h8-14,16H,5-6H2,1-4,7H3/b17-14+. The van der Waals surface area contributed by atoms with E-state index in [1.165, 1.54) is 27.3 Å². The van der Waals surface area contributed by atoms with Crippen molar-refractivity contribution in [3.63, 3.8) is 0 Å². The van der Waals surface area contributed by atoms with Crippen molar-refractivity contribution >= 4 is 28.8 Å². The Bertz CT molecular complexity index is 993. The van der Waals surface area contributed by atoms with Gasteiger partial charge < -0.3 is 4.57 Å². The van der Waals surface area contributed by atoms with E-state index in [0.717, 1.165) is 11.0 Å². The Morgan fingerprint density at radius 3 is 2.42 bits per heavy atom. The first-order valence-electron chi connectivity index (χ1n) is 8.60. The maximum Gasteiger partial charge on any atom is 0.0540 e. The van der Waals surface area contributed by atoms with Gasteiger partial charge >= 0.3 is 0 Å². The van der Waals surface area contributed by atoms with Gasteiger partial charge in [-0.05, 0) is 38.8 Å². The maximum absolute atomic E-state index is 4.36. The van der Waals surface area contributed by atoms with E-state index in [2.05, 4.69) is 94.8 Å². The molecule has 1 heterocycles. The molecule has 3 rings (SSSR count). The summed E-state index contributed by atoms with van der Waals surface area (Å²) in [4.78, 5) is 0. The van der Waals surface area contributed by atoms with Gasteiger partial charge in [0.2, 0.25) is 0 Å². The molecule has 0 fully saturated rings. The third-order valence-corrected chi connectivity index (χ3v) is 5.67. The van der Waals surface area contributed by atoms with Crippen LogP contribution in [-0.4, -0.2) is 4.57 Å². The van der Waals surface area contributed by atoms with Crippen molar-refractivity contribution < 1.29 is 0 Å². The van der Waals surface area contributed by atoms with Crippen LogP contribution in [0.1, 0.15) is 34.6 Å². The number of aromatic nitrogens is 1.